The molecule has 2 N–H and O–H groups in total. The summed E-state index contributed by atoms with van der Waals surface area (Å²) in [5.74, 6) is 0.225. The lowest BCUT2D eigenvalue weighted by molar-refractivity contribution is -0.144. The summed E-state index contributed by atoms with van der Waals surface area (Å²) >= 11 is 1.81. The van der Waals surface area contributed by atoms with E-state index in [1.54, 1.807) is 0 Å². The highest BCUT2D eigenvalue weighted by Gasteiger charge is 2.37. The Labute approximate surface area is 131 Å². The van der Waals surface area contributed by atoms with E-state index in [1.165, 1.54) is 16.0 Å². The Kier molecular flexibility index (Phi) is 5.33. The number of aliphatic carboxylic acids is 1. The van der Waals surface area contributed by atoms with Gasteiger partial charge in [0.25, 0.3) is 0 Å². The zero-order valence-corrected chi connectivity index (χ0v) is 13.9. The van der Waals surface area contributed by atoms with Crippen LogP contribution in [-0.4, -0.2) is 28.4 Å². The molecule has 116 valence electrons. The molecule has 1 fully saturated rings. The monoisotopic (exact) mass is 307 g/mol. The van der Waals surface area contributed by atoms with Gasteiger partial charge >= 0.3 is 5.97 Å². The van der Waals surface area contributed by atoms with Crippen LogP contribution in [0.4, 0.5) is 0 Å². The third-order valence-corrected chi connectivity index (χ3v) is 5.22. The van der Waals surface area contributed by atoms with E-state index in [0.29, 0.717) is 12.5 Å². The van der Waals surface area contributed by atoms with Crippen LogP contribution in [0.25, 0.3) is 0 Å². The number of hydrogen-bond donors (Lipinski definition) is 2. The average Bonchev–Trinajstić information content (AvgIpc) is 3.22. The molecule has 1 atom stereocenters. The van der Waals surface area contributed by atoms with Crippen LogP contribution >= 0.6 is 11.8 Å². The molecule has 0 bridgehead atoms. The van der Waals surface area contributed by atoms with Crippen molar-refractivity contribution in [3.8, 4) is 0 Å². The normalized spacial score (nSPS) is 17.5. The molecule has 0 heterocycles. The molecule has 0 radical (unpaired) electrons. The van der Waals surface area contributed by atoms with Gasteiger partial charge in [-0.2, -0.15) is 0 Å². The number of benzene rings is 1. The SMILES string of the molecule is Cc1ccc(SCCCC(C)(NC2CC2)C(=O)O)cc1C. The number of hydrogen-bond acceptors (Lipinski definition) is 3. The van der Waals surface area contributed by atoms with Crippen LogP contribution in [0.3, 0.4) is 0 Å². The number of carboxylic acid groups (broad SMARTS) is 1. The summed E-state index contributed by atoms with van der Waals surface area (Å²) < 4.78 is 0. The maximum Gasteiger partial charge on any atom is 0.323 e. The molecule has 0 aliphatic heterocycles. The van der Waals surface area contributed by atoms with E-state index in [-0.39, 0.29) is 0 Å². The topological polar surface area (TPSA) is 49.3 Å². The molecule has 2 rings (SSSR count). The Morgan fingerprint density at radius 2 is 2.10 bits per heavy atom. The van der Waals surface area contributed by atoms with Crippen molar-refractivity contribution in [3.05, 3.63) is 29.3 Å². The van der Waals surface area contributed by atoms with Gasteiger partial charge in [0.15, 0.2) is 0 Å². The van der Waals surface area contributed by atoms with Crippen LogP contribution in [0.15, 0.2) is 23.1 Å². The summed E-state index contributed by atoms with van der Waals surface area (Å²) in [6.07, 6.45) is 3.80. The third kappa shape index (κ3) is 4.75. The Morgan fingerprint density at radius 3 is 2.67 bits per heavy atom. The van der Waals surface area contributed by atoms with Crippen LogP contribution < -0.4 is 5.32 Å². The second-order valence-corrected chi connectivity index (χ2v) is 7.42. The number of rotatable bonds is 8. The molecule has 1 unspecified atom stereocenters. The zero-order chi connectivity index (χ0) is 15.5. The minimum atomic E-state index is -0.773. The predicted molar refractivity (Wildman–Crippen MR) is 88.1 cm³/mol. The number of nitrogens with one attached hydrogen (secondary N) is 1. The standard InChI is InChI=1S/C17H25NO2S/c1-12-5-8-15(11-13(12)2)21-10-4-9-17(3,16(19)20)18-14-6-7-14/h5,8,11,14,18H,4,6-7,9-10H2,1-3H3,(H,19,20). The van der Waals surface area contributed by atoms with Gasteiger partial charge in [-0.15, -0.1) is 11.8 Å². The highest BCUT2D eigenvalue weighted by Crippen LogP contribution is 2.27. The van der Waals surface area contributed by atoms with Crippen molar-refractivity contribution < 1.29 is 9.90 Å². The molecular formula is C17H25NO2S. The minimum absolute atomic E-state index is 0.415. The van der Waals surface area contributed by atoms with Crippen molar-refractivity contribution in [2.75, 3.05) is 5.75 Å². The molecule has 1 aromatic carbocycles. The van der Waals surface area contributed by atoms with Gasteiger partial charge in [-0.25, -0.2) is 0 Å². The molecule has 0 amide bonds. The summed E-state index contributed by atoms with van der Waals surface area (Å²) in [5, 5.41) is 12.7. The average molecular weight is 307 g/mol. The molecule has 4 heteroatoms. The molecule has 1 saturated carbocycles. The number of aryl methyl sites for hydroxylation is 2. The molecule has 0 saturated heterocycles. The fourth-order valence-electron chi connectivity index (χ4n) is 2.34. The second-order valence-electron chi connectivity index (χ2n) is 6.25. The van der Waals surface area contributed by atoms with Gasteiger partial charge in [0.05, 0.1) is 0 Å². The van der Waals surface area contributed by atoms with E-state index >= 15 is 0 Å². The highest BCUT2D eigenvalue weighted by molar-refractivity contribution is 7.99. The lowest BCUT2D eigenvalue weighted by Gasteiger charge is -2.26. The van der Waals surface area contributed by atoms with Crippen LogP contribution in [0.2, 0.25) is 0 Å². The lowest BCUT2D eigenvalue weighted by atomic mass is 9.96. The largest absolute Gasteiger partial charge is 0.480 e. The van der Waals surface area contributed by atoms with E-state index in [1.807, 2.05) is 18.7 Å². The van der Waals surface area contributed by atoms with E-state index in [4.69, 9.17) is 0 Å². The Balaban J connectivity index is 1.79. The third-order valence-electron chi connectivity index (χ3n) is 4.14. The van der Waals surface area contributed by atoms with Crippen molar-refractivity contribution in [1.29, 1.82) is 0 Å². The van der Waals surface area contributed by atoms with Gasteiger partial charge in [0.1, 0.15) is 5.54 Å². The molecule has 1 aliphatic carbocycles. The fourth-order valence-corrected chi connectivity index (χ4v) is 3.29. The fraction of sp³-hybridized carbons (Fsp3) is 0.588. The smallest absolute Gasteiger partial charge is 0.323 e. The number of carboxylic acids is 1. The number of thioether (sulfide) groups is 1. The van der Waals surface area contributed by atoms with Crippen molar-refractivity contribution in [3.63, 3.8) is 0 Å². The van der Waals surface area contributed by atoms with Crippen LogP contribution in [0.1, 0.15) is 43.7 Å². The summed E-state index contributed by atoms with van der Waals surface area (Å²) in [4.78, 5) is 12.7. The molecule has 21 heavy (non-hydrogen) atoms. The van der Waals surface area contributed by atoms with Crippen molar-refractivity contribution in [1.82, 2.24) is 5.32 Å². The van der Waals surface area contributed by atoms with Crippen molar-refractivity contribution in [2.45, 2.75) is 62.9 Å². The van der Waals surface area contributed by atoms with Crippen LogP contribution in [0, 0.1) is 13.8 Å². The van der Waals surface area contributed by atoms with Gasteiger partial charge in [0.2, 0.25) is 0 Å². The summed E-state index contributed by atoms with van der Waals surface area (Å²) in [6, 6.07) is 6.91. The molecular weight excluding hydrogens is 282 g/mol. The van der Waals surface area contributed by atoms with Crippen LogP contribution in [-0.2, 0) is 4.79 Å². The molecule has 0 aromatic heterocycles. The summed E-state index contributed by atoms with van der Waals surface area (Å²) in [6.45, 7) is 6.06. The van der Waals surface area contributed by atoms with Gasteiger partial charge in [-0.05, 0) is 75.5 Å². The van der Waals surface area contributed by atoms with E-state index in [2.05, 4.69) is 37.4 Å². The first-order chi connectivity index (χ1) is 9.90. The molecule has 1 aliphatic rings. The van der Waals surface area contributed by atoms with Gasteiger partial charge < -0.3 is 5.11 Å². The Bertz CT molecular complexity index is 514. The zero-order valence-electron chi connectivity index (χ0n) is 13.1. The maximum atomic E-state index is 11.5. The predicted octanol–water partition coefficient (Wildman–Crippen LogP) is 3.77. The van der Waals surface area contributed by atoms with E-state index in [9.17, 15) is 9.90 Å². The van der Waals surface area contributed by atoms with Crippen molar-refractivity contribution in [2.24, 2.45) is 0 Å². The van der Waals surface area contributed by atoms with E-state index < -0.39 is 11.5 Å². The first-order valence-electron chi connectivity index (χ1n) is 7.62. The lowest BCUT2D eigenvalue weighted by Crippen LogP contribution is -2.50. The molecule has 3 nitrogen and oxygen atoms in total. The van der Waals surface area contributed by atoms with Gasteiger partial charge in [0, 0.05) is 10.9 Å². The maximum absolute atomic E-state index is 11.5. The number of carbonyl (C=O) groups is 1. The minimum Gasteiger partial charge on any atom is -0.480 e. The Hall–Kier alpha value is -1.00. The molecule has 1 aromatic rings. The quantitative estimate of drug-likeness (QED) is 0.567. The first-order valence-corrected chi connectivity index (χ1v) is 8.60. The second kappa shape index (κ2) is 6.84. The highest BCUT2D eigenvalue weighted by atomic mass is 32.2. The van der Waals surface area contributed by atoms with Gasteiger partial charge in [-0.3, -0.25) is 10.1 Å². The molecule has 0 spiro atoms. The first kappa shape index (κ1) is 16.4. The van der Waals surface area contributed by atoms with Crippen LogP contribution in [0.5, 0.6) is 0 Å². The summed E-state index contributed by atoms with van der Waals surface area (Å²) in [7, 11) is 0. The van der Waals surface area contributed by atoms with E-state index in [0.717, 1.165) is 25.0 Å². The Morgan fingerprint density at radius 1 is 1.38 bits per heavy atom. The summed E-state index contributed by atoms with van der Waals surface area (Å²) in [5.41, 5.74) is 1.85. The van der Waals surface area contributed by atoms with Gasteiger partial charge in [-0.1, -0.05) is 6.07 Å². The van der Waals surface area contributed by atoms with Crippen molar-refractivity contribution >= 4 is 17.7 Å².